The van der Waals surface area contributed by atoms with Gasteiger partial charge in [0, 0.05) is 26.2 Å². The number of hydrogen-bond acceptors (Lipinski definition) is 5. The van der Waals surface area contributed by atoms with Crippen molar-refractivity contribution in [2.45, 2.75) is 40.0 Å². The summed E-state index contributed by atoms with van der Waals surface area (Å²) in [4.78, 5) is 11.5. The number of rotatable bonds is 17. The lowest BCUT2D eigenvalue weighted by Gasteiger charge is -2.08. The molecule has 0 saturated carbocycles. The maximum absolute atomic E-state index is 11.5. The molecule has 6 nitrogen and oxygen atoms in total. The van der Waals surface area contributed by atoms with Gasteiger partial charge in [0.05, 0.1) is 39.6 Å². The first kappa shape index (κ1) is 22.3. The van der Waals surface area contributed by atoms with Crippen LogP contribution in [-0.2, 0) is 23.7 Å². The van der Waals surface area contributed by atoms with Crippen molar-refractivity contribution in [3.8, 4) is 0 Å². The van der Waals surface area contributed by atoms with Gasteiger partial charge in [-0.2, -0.15) is 0 Å². The third-order valence-corrected chi connectivity index (χ3v) is 2.97. The van der Waals surface area contributed by atoms with Gasteiger partial charge in [0.15, 0.2) is 0 Å². The molecular formula is C17H35NO5. The molecule has 0 heterocycles. The maximum atomic E-state index is 11.5. The van der Waals surface area contributed by atoms with E-state index in [1.807, 2.05) is 0 Å². The van der Waals surface area contributed by atoms with Crippen molar-refractivity contribution in [1.82, 2.24) is 5.32 Å². The van der Waals surface area contributed by atoms with E-state index in [-0.39, 0.29) is 5.91 Å². The molecule has 1 N–H and O–H groups in total. The van der Waals surface area contributed by atoms with E-state index in [0.29, 0.717) is 58.5 Å². The number of nitrogens with one attached hydrogen (secondary N) is 1. The van der Waals surface area contributed by atoms with E-state index >= 15 is 0 Å². The lowest BCUT2D eigenvalue weighted by molar-refractivity contribution is -0.122. The van der Waals surface area contributed by atoms with Crippen LogP contribution in [0.15, 0.2) is 0 Å². The van der Waals surface area contributed by atoms with Crippen molar-refractivity contribution in [2.24, 2.45) is 5.92 Å². The summed E-state index contributed by atoms with van der Waals surface area (Å²) in [6, 6.07) is 0. The van der Waals surface area contributed by atoms with Crippen LogP contribution in [0.1, 0.15) is 40.0 Å². The van der Waals surface area contributed by atoms with Gasteiger partial charge in [-0.1, -0.05) is 20.8 Å². The number of ether oxygens (including phenoxy) is 4. The molecule has 0 saturated heterocycles. The van der Waals surface area contributed by atoms with Gasteiger partial charge in [-0.15, -0.1) is 0 Å². The minimum Gasteiger partial charge on any atom is -0.380 e. The number of amides is 1. The van der Waals surface area contributed by atoms with E-state index in [1.54, 1.807) is 0 Å². The van der Waals surface area contributed by atoms with Crippen molar-refractivity contribution >= 4 is 5.91 Å². The highest BCUT2D eigenvalue weighted by molar-refractivity contribution is 5.75. The summed E-state index contributed by atoms with van der Waals surface area (Å²) in [6.45, 7) is 11.7. The molecule has 0 fully saturated rings. The van der Waals surface area contributed by atoms with Crippen LogP contribution in [0, 0.1) is 5.92 Å². The topological polar surface area (TPSA) is 66.0 Å². The third kappa shape index (κ3) is 19.3. The van der Waals surface area contributed by atoms with Gasteiger partial charge in [-0.25, -0.2) is 0 Å². The highest BCUT2D eigenvalue weighted by Crippen LogP contribution is 1.98. The zero-order chi connectivity index (χ0) is 17.2. The molecule has 0 unspecified atom stereocenters. The minimum atomic E-state index is -0.00966. The van der Waals surface area contributed by atoms with Crippen molar-refractivity contribution in [3.63, 3.8) is 0 Å². The summed E-state index contributed by atoms with van der Waals surface area (Å²) < 4.78 is 21.4. The first-order valence-corrected chi connectivity index (χ1v) is 8.74. The van der Waals surface area contributed by atoms with Crippen molar-refractivity contribution in [3.05, 3.63) is 0 Å². The molecular weight excluding hydrogens is 298 g/mol. The summed E-state index contributed by atoms with van der Waals surface area (Å²) in [5.41, 5.74) is 0. The molecule has 0 aliphatic heterocycles. The highest BCUT2D eigenvalue weighted by atomic mass is 16.5. The summed E-state index contributed by atoms with van der Waals surface area (Å²) in [7, 11) is 0. The largest absolute Gasteiger partial charge is 0.380 e. The second kappa shape index (κ2) is 17.7. The van der Waals surface area contributed by atoms with Crippen LogP contribution in [0.25, 0.3) is 0 Å². The van der Waals surface area contributed by atoms with Crippen molar-refractivity contribution < 1.29 is 23.7 Å². The minimum absolute atomic E-state index is 0.00966. The molecule has 0 aromatic heterocycles. The second-order valence-corrected chi connectivity index (χ2v) is 5.73. The van der Waals surface area contributed by atoms with E-state index in [0.717, 1.165) is 26.1 Å². The summed E-state index contributed by atoms with van der Waals surface area (Å²) in [5.74, 6) is 0.662. The molecule has 0 radical (unpaired) electrons. The van der Waals surface area contributed by atoms with Gasteiger partial charge in [-0.3, -0.25) is 4.79 Å². The third-order valence-electron chi connectivity index (χ3n) is 2.97. The Kier molecular flexibility index (Phi) is 17.1. The molecule has 0 rings (SSSR count). The van der Waals surface area contributed by atoms with E-state index < -0.39 is 0 Å². The van der Waals surface area contributed by atoms with Crippen molar-refractivity contribution in [1.29, 1.82) is 0 Å². The van der Waals surface area contributed by atoms with Gasteiger partial charge in [0.2, 0.25) is 5.91 Å². The fourth-order valence-corrected chi connectivity index (χ4v) is 1.62. The number of carbonyl (C=O) groups is 1. The molecule has 1 amide bonds. The monoisotopic (exact) mass is 333 g/mol. The van der Waals surface area contributed by atoms with Crippen LogP contribution in [0.4, 0.5) is 0 Å². The fraction of sp³-hybridized carbons (Fsp3) is 0.941. The Bertz CT molecular complexity index is 261. The van der Waals surface area contributed by atoms with Gasteiger partial charge >= 0.3 is 0 Å². The van der Waals surface area contributed by atoms with Crippen LogP contribution >= 0.6 is 0 Å². The average molecular weight is 333 g/mol. The van der Waals surface area contributed by atoms with Crippen LogP contribution in [0.3, 0.4) is 0 Å². The second-order valence-electron chi connectivity index (χ2n) is 5.73. The highest BCUT2D eigenvalue weighted by Gasteiger charge is 2.00. The van der Waals surface area contributed by atoms with Gasteiger partial charge in [-0.05, 0) is 18.8 Å². The Morgan fingerprint density at radius 1 is 0.826 bits per heavy atom. The van der Waals surface area contributed by atoms with E-state index in [9.17, 15) is 4.79 Å². The van der Waals surface area contributed by atoms with E-state index in [4.69, 9.17) is 18.9 Å². The molecule has 0 atom stereocenters. The molecule has 0 aliphatic carbocycles. The average Bonchev–Trinajstić information content (AvgIpc) is 2.52. The molecule has 138 valence electrons. The Morgan fingerprint density at radius 2 is 1.39 bits per heavy atom. The summed E-state index contributed by atoms with van der Waals surface area (Å²) in [5, 5.41) is 2.79. The molecule has 6 heteroatoms. The lowest BCUT2D eigenvalue weighted by Crippen LogP contribution is -2.28. The molecule has 0 aliphatic rings. The zero-order valence-electron chi connectivity index (χ0n) is 15.1. The summed E-state index contributed by atoms with van der Waals surface area (Å²) in [6.07, 6.45) is 2.44. The molecule has 0 aromatic rings. The first-order valence-electron chi connectivity index (χ1n) is 8.74. The van der Waals surface area contributed by atoms with Crippen molar-refractivity contribution in [2.75, 3.05) is 59.4 Å². The normalized spacial score (nSPS) is 11.1. The number of hydrogen-bond donors (Lipinski definition) is 1. The van der Waals surface area contributed by atoms with Gasteiger partial charge < -0.3 is 24.3 Å². The van der Waals surface area contributed by atoms with E-state index in [2.05, 4.69) is 26.1 Å². The smallest absolute Gasteiger partial charge is 0.222 e. The lowest BCUT2D eigenvalue weighted by atomic mass is 10.1. The fourth-order valence-electron chi connectivity index (χ4n) is 1.62. The van der Waals surface area contributed by atoms with Crippen LogP contribution in [0.5, 0.6) is 0 Å². The predicted molar refractivity (Wildman–Crippen MR) is 90.6 cm³/mol. The Labute approximate surface area is 141 Å². The van der Waals surface area contributed by atoms with Gasteiger partial charge in [0.1, 0.15) is 0 Å². The number of carbonyl (C=O) groups excluding carboxylic acids is 1. The SMILES string of the molecule is CCCOCCNC(=O)CCOCCOCCOCCC(C)C. The quantitative estimate of drug-likeness (QED) is 0.413. The van der Waals surface area contributed by atoms with E-state index in [1.165, 1.54) is 0 Å². The van der Waals surface area contributed by atoms with Crippen LogP contribution < -0.4 is 5.32 Å². The van der Waals surface area contributed by atoms with Crippen LogP contribution in [-0.4, -0.2) is 65.3 Å². The Hall–Kier alpha value is -0.690. The van der Waals surface area contributed by atoms with Crippen LogP contribution in [0.2, 0.25) is 0 Å². The standard InChI is InChI=1S/C17H35NO5/c1-4-8-20-11-7-18-17(19)6-10-22-13-15-23-14-12-21-9-5-16(2)3/h16H,4-15H2,1-3H3,(H,18,19). The zero-order valence-corrected chi connectivity index (χ0v) is 15.1. The predicted octanol–water partition coefficient (Wildman–Crippen LogP) is 2.02. The Morgan fingerprint density at radius 3 is 2.00 bits per heavy atom. The molecule has 0 spiro atoms. The Balaban J connectivity index is 3.13. The molecule has 0 bridgehead atoms. The molecule has 23 heavy (non-hydrogen) atoms. The summed E-state index contributed by atoms with van der Waals surface area (Å²) >= 11 is 0. The van der Waals surface area contributed by atoms with Gasteiger partial charge in [0.25, 0.3) is 0 Å². The maximum Gasteiger partial charge on any atom is 0.222 e. The first-order chi connectivity index (χ1) is 11.2. The molecule has 0 aromatic carbocycles.